The number of para-hydroxylation sites is 1. The van der Waals surface area contributed by atoms with E-state index in [9.17, 15) is 4.79 Å². The molecule has 2 heterocycles. The SMILES string of the molecule is CCc1nc(C)ccc1OCC(=O)NCC1COc2ccccc2C1. The predicted molar refractivity (Wildman–Crippen MR) is 96.0 cm³/mol. The number of carbonyl (C=O) groups is 1. The van der Waals surface area contributed by atoms with Crippen LogP contribution in [0.4, 0.5) is 0 Å². The van der Waals surface area contributed by atoms with E-state index < -0.39 is 0 Å². The van der Waals surface area contributed by atoms with Crippen molar-refractivity contribution < 1.29 is 14.3 Å². The summed E-state index contributed by atoms with van der Waals surface area (Å²) >= 11 is 0. The summed E-state index contributed by atoms with van der Waals surface area (Å²) in [7, 11) is 0. The van der Waals surface area contributed by atoms with Gasteiger partial charge in [-0.05, 0) is 43.5 Å². The van der Waals surface area contributed by atoms with Gasteiger partial charge in [-0.25, -0.2) is 0 Å². The third-order valence-electron chi connectivity index (χ3n) is 4.31. The molecule has 0 saturated carbocycles. The molecule has 1 aromatic carbocycles. The molecule has 25 heavy (non-hydrogen) atoms. The third-order valence-corrected chi connectivity index (χ3v) is 4.31. The minimum Gasteiger partial charge on any atom is -0.493 e. The molecule has 1 atom stereocenters. The van der Waals surface area contributed by atoms with Crippen LogP contribution in [0, 0.1) is 12.8 Å². The standard InChI is InChI=1S/C20H24N2O3/c1-3-17-19(9-8-14(2)22-17)25-13-20(23)21-11-15-10-16-6-4-5-7-18(16)24-12-15/h4-9,15H,3,10-13H2,1-2H3,(H,21,23). The molecule has 1 amide bonds. The van der Waals surface area contributed by atoms with Crippen molar-refractivity contribution >= 4 is 5.91 Å². The average molecular weight is 340 g/mol. The molecule has 132 valence electrons. The van der Waals surface area contributed by atoms with E-state index in [1.54, 1.807) is 0 Å². The molecule has 0 bridgehead atoms. The van der Waals surface area contributed by atoms with Gasteiger partial charge in [-0.2, -0.15) is 0 Å². The highest BCUT2D eigenvalue weighted by molar-refractivity contribution is 5.77. The molecule has 0 fully saturated rings. The molecule has 0 spiro atoms. The van der Waals surface area contributed by atoms with Crippen LogP contribution >= 0.6 is 0 Å². The molecule has 3 rings (SSSR count). The smallest absolute Gasteiger partial charge is 0.257 e. The van der Waals surface area contributed by atoms with E-state index in [-0.39, 0.29) is 18.4 Å². The number of hydrogen-bond acceptors (Lipinski definition) is 4. The van der Waals surface area contributed by atoms with Crippen LogP contribution < -0.4 is 14.8 Å². The molecule has 1 N–H and O–H groups in total. The summed E-state index contributed by atoms with van der Waals surface area (Å²) in [5, 5.41) is 2.94. The van der Waals surface area contributed by atoms with E-state index >= 15 is 0 Å². The quantitative estimate of drug-likeness (QED) is 0.878. The Bertz CT molecular complexity index is 745. The maximum absolute atomic E-state index is 12.1. The Morgan fingerprint density at radius 3 is 3.00 bits per heavy atom. The Morgan fingerprint density at radius 2 is 2.16 bits per heavy atom. The Hall–Kier alpha value is -2.56. The van der Waals surface area contributed by atoms with Gasteiger partial charge in [0.1, 0.15) is 11.5 Å². The minimum atomic E-state index is -0.124. The van der Waals surface area contributed by atoms with Crippen LogP contribution in [-0.4, -0.2) is 30.6 Å². The topological polar surface area (TPSA) is 60.5 Å². The number of pyridine rings is 1. The third kappa shape index (κ3) is 4.50. The van der Waals surface area contributed by atoms with Gasteiger partial charge in [-0.15, -0.1) is 0 Å². The number of benzene rings is 1. The first kappa shape index (κ1) is 17.3. The summed E-state index contributed by atoms with van der Waals surface area (Å²) in [6.45, 7) is 5.18. The Kier molecular flexibility index (Phi) is 5.53. The average Bonchev–Trinajstić information content (AvgIpc) is 2.65. The summed E-state index contributed by atoms with van der Waals surface area (Å²) in [4.78, 5) is 16.5. The maximum Gasteiger partial charge on any atom is 0.257 e. The van der Waals surface area contributed by atoms with Gasteiger partial charge < -0.3 is 14.8 Å². The first-order chi connectivity index (χ1) is 12.2. The monoisotopic (exact) mass is 340 g/mol. The van der Waals surface area contributed by atoms with Gasteiger partial charge in [0.15, 0.2) is 6.61 Å². The second-order valence-corrected chi connectivity index (χ2v) is 6.33. The van der Waals surface area contributed by atoms with Crippen LogP contribution in [-0.2, 0) is 17.6 Å². The summed E-state index contributed by atoms with van der Waals surface area (Å²) < 4.78 is 11.4. The van der Waals surface area contributed by atoms with Gasteiger partial charge in [0.25, 0.3) is 5.91 Å². The molecule has 1 aliphatic heterocycles. The normalized spacial score (nSPS) is 15.8. The Balaban J connectivity index is 1.46. The fourth-order valence-corrected chi connectivity index (χ4v) is 2.96. The Labute approximate surface area is 148 Å². The molecule has 0 aliphatic carbocycles. The number of nitrogens with one attached hydrogen (secondary N) is 1. The van der Waals surface area contributed by atoms with Crippen molar-refractivity contribution in [2.45, 2.75) is 26.7 Å². The van der Waals surface area contributed by atoms with E-state index in [0.717, 1.165) is 30.0 Å². The van der Waals surface area contributed by atoms with Crippen molar-refractivity contribution in [1.29, 1.82) is 0 Å². The fourth-order valence-electron chi connectivity index (χ4n) is 2.96. The summed E-state index contributed by atoms with van der Waals surface area (Å²) in [5.74, 6) is 1.79. The van der Waals surface area contributed by atoms with Crippen molar-refractivity contribution in [3.05, 3.63) is 53.3 Å². The van der Waals surface area contributed by atoms with Gasteiger partial charge in [-0.1, -0.05) is 25.1 Å². The zero-order valence-electron chi connectivity index (χ0n) is 14.7. The van der Waals surface area contributed by atoms with E-state index in [1.807, 2.05) is 44.2 Å². The van der Waals surface area contributed by atoms with Crippen molar-refractivity contribution in [3.63, 3.8) is 0 Å². The number of nitrogens with zero attached hydrogens (tertiary/aromatic N) is 1. The summed E-state index contributed by atoms with van der Waals surface area (Å²) in [6.07, 6.45) is 1.69. The fraction of sp³-hybridized carbons (Fsp3) is 0.400. The molecule has 0 radical (unpaired) electrons. The van der Waals surface area contributed by atoms with Crippen molar-refractivity contribution in [2.24, 2.45) is 5.92 Å². The molecule has 0 saturated heterocycles. The number of amides is 1. The van der Waals surface area contributed by atoms with Gasteiger partial charge in [0, 0.05) is 18.2 Å². The van der Waals surface area contributed by atoms with Crippen LogP contribution in [0.1, 0.15) is 23.9 Å². The van der Waals surface area contributed by atoms with Crippen LogP contribution in [0.25, 0.3) is 0 Å². The molecule has 1 aliphatic rings. The Morgan fingerprint density at radius 1 is 1.32 bits per heavy atom. The van der Waals surface area contributed by atoms with E-state index in [1.165, 1.54) is 5.56 Å². The molecule has 1 unspecified atom stereocenters. The lowest BCUT2D eigenvalue weighted by Gasteiger charge is -2.25. The van der Waals surface area contributed by atoms with E-state index in [4.69, 9.17) is 9.47 Å². The molecule has 5 heteroatoms. The van der Waals surface area contributed by atoms with Crippen molar-refractivity contribution in [1.82, 2.24) is 10.3 Å². The lowest BCUT2D eigenvalue weighted by Crippen LogP contribution is -2.37. The molecular formula is C20H24N2O3. The van der Waals surface area contributed by atoms with E-state index in [0.29, 0.717) is 18.9 Å². The summed E-state index contributed by atoms with van der Waals surface area (Å²) in [5.41, 5.74) is 3.03. The number of hydrogen-bond donors (Lipinski definition) is 1. The van der Waals surface area contributed by atoms with Crippen LogP contribution in [0.3, 0.4) is 0 Å². The number of aromatic nitrogens is 1. The molecule has 2 aromatic rings. The van der Waals surface area contributed by atoms with Gasteiger partial charge in [0.05, 0.1) is 12.3 Å². The number of carbonyl (C=O) groups excluding carboxylic acids is 1. The molecule has 1 aromatic heterocycles. The highest BCUT2D eigenvalue weighted by Crippen LogP contribution is 2.26. The predicted octanol–water partition coefficient (Wildman–Crippen LogP) is 2.70. The lowest BCUT2D eigenvalue weighted by molar-refractivity contribution is -0.123. The van der Waals surface area contributed by atoms with Gasteiger partial charge in [-0.3, -0.25) is 9.78 Å². The highest BCUT2D eigenvalue weighted by atomic mass is 16.5. The number of aryl methyl sites for hydroxylation is 2. The first-order valence-corrected chi connectivity index (χ1v) is 8.72. The van der Waals surface area contributed by atoms with Gasteiger partial charge in [0.2, 0.25) is 0 Å². The first-order valence-electron chi connectivity index (χ1n) is 8.72. The van der Waals surface area contributed by atoms with Crippen LogP contribution in [0.2, 0.25) is 0 Å². The minimum absolute atomic E-state index is 0.00189. The zero-order valence-corrected chi connectivity index (χ0v) is 14.7. The van der Waals surface area contributed by atoms with Crippen LogP contribution in [0.15, 0.2) is 36.4 Å². The van der Waals surface area contributed by atoms with Gasteiger partial charge >= 0.3 is 0 Å². The molecule has 5 nitrogen and oxygen atoms in total. The second-order valence-electron chi connectivity index (χ2n) is 6.33. The number of rotatable bonds is 6. The largest absolute Gasteiger partial charge is 0.493 e. The van der Waals surface area contributed by atoms with Crippen molar-refractivity contribution in [3.8, 4) is 11.5 Å². The van der Waals surface area contributed by atoms with E-state index in [2.05, 4.69) is 16.4 Å². The summed E-state index contributed by atoms with van der Waals surface area (Å²) in [6, 6.07) is 11.8. The van der Waals surface area contributed by atoms with Crippen LogP contribution in [0.5, 0.6) is 11.5 Å². The number of fused-ring (bicyclic) bond motifs is 1. The van der Waals surface area contributed by atoms with Crippen molar-refractivity contribution in [2.75, 3.05) is 19.8 Å². The maximum atomic E-state index is 12.1. The number of ether oxygens (including phenoxy) is 2. The molecular weight excluding hydrogens is 316 g/mol. The highest BCUT2D eigenvalue weighted by Gasteiger charge is 2.20. The lowest BCUT2D eigenvalue weighted by atomic mass is 9.97. The second kappa shape index (κ2) is 8.01. The zero-order chi connectivity index (χ0) is 17.6.